The molecule has 2 fully saturated rings. The number of alkyl halides is 3. The second-order valence-corrected chi connectivity index (χ2v) is 8.52. The number of nitrogens with zero attached hydrogens (tertiary/aromatic N) is 2. The van der Waals surface area contributed by atoms with Crippen LogP contribution in [0.1, 0.15) is 34.8 Å². The summed E-state index contributed by atoms with van der Waals surface area (Å²) in [7, 11) is 0. The third-order valence-corrected chi connectivity index (χ3v) is 6.23. The Kier molecular flexibility index (Phi) is 7.17. The molecule has 188 valence electrons. The second-order valence-electron chi connectivity index (χ2n) is 8.52. The fourth-order valence-corrected chi connectivity index (χ4v) is 4.19. The molecule has 0 aliphatic carbocycles. The minimum atomic E-state index is -4.45. The fourth-order valence-electron chi connectivity index (χ4n) is 4.19. The van der Waals surface area contributed by atoms with E-state index in [4.69, 9.17) is 14.2 Å². The van der Waals surface area contributed by atoms with Crippen molar-refractivity contribution >= 4 is 0 Å². The molecule has 4 N–H and O–H groups in total. The molecular weight excluding hydrogens is 461 g/mol. The van der Waals surface area contributed by atoms with E-state index in [1.165, 1.54) is 12.1 Å². The maximum Gasteiger partial charge on any atom is 0.416 e. The lowest BCUT2D eigenvalue weighted by atomic mass is 9.99. The number of aliphatic hydroxyl groups is 4. The number of rotatable bonds is 6. The van der Waals surface area contributed by atoms with Gasteiger partial charge in [0.15, 0.2) is 0 Å². The standard InChI is InChI=1S/C22H27F3N2O7/c1-11-15(8-12-2-4-13(5-3-12)22(23,24)25)20(26-27(11)14-6-7-32-10-14)34-21-19(31)18(30)17(29)16(9-28)33-21/h2-5,14,16-19,21,28-31H,6-10H2,1H3/t14?,16-,17-,18+,19-,21+/m1/s1. The molecule has 1 aromatic heterocycles. The van der Waals surface area contributed by atoms with E-state index < -0.39 is 49.1 Å². The van der Waals surface area contributed by atoms with Gasteiger partial charge in [0.25, 0.3) is 0 Å². The fraction of sp³-hybridized carbons (Fsp3) is 0.591. The van der Waals surface area contributed by atoms with Crippen LogP contribution < -0.4 is 4.74 Å². The molecule has 0 saturated carbocycles. The van der Waals surface area contributed by atoms with Gasteiger partial charge in [-0.1, -0.05) is 12.1 Å². The van der Waals surface area contributed by atoms with Crippen molar-refractivity contribution < 1.29 is 47.8 Å². The van der Waals surface area contributed by atoms with Crippen molar-refractivity contribution in [1.82, 2.24) is 9.78 Å². The van der Waals surface area contributed by atoms with E-state index in [9.17, 15) is 33.6 Å². The highest BCUT2D eigenvalue weighted by Crippen LogP contribution is 2.33. The molecule has 2 saturated heterocycles. The highest BCUT2D eigenvalue weighted by Gasteiger charge is 2.45. The van der Waals surface area contributed by atoms with Crippen molar-refractivity contribution in [2.24, 2.45) is 0 Å². The van der Waals surface area contributed by atoms with Gasteiger partial charge in [-0.25, -0.2) is 0 Å². The Balaban J connectivity index is 1.64. The quantitative estimate of drug-likeness (QED) is 0.474. The lowest BCUT2D eigenvalue weighted by Crippen LogP contribution is -2.60. The highest BCUT2D eigenvalue weighted by molar-refractivity contribution is 5.38. The van der Waals surface area contributed by atoms with Gasteiger partial charge in [-0.2, -0.15) is 13.2 Å². The molecule has 2 aliphatic rings. The van der Waals surface area contributed by atoms with Crippen molar-refractivity contribution in [1.29, 1.82) is 0 Å². The van der Waals surface area contributed by atoms with E-state index in [0.717, 1.165) is 12.1 Å². The first-order valence-electron chi connectivity index (χ1n) is 10.9. The summed E-state index contributed by atoms with van der Waals surface area (Å²) in [4.78, 5) is 0. The summed E-state index contributed by atoms with van der Waals surface area (Å²) >= 11 is 0. The molecule has 2 aliphatic heterocycles. The van der Waals surface area contributed by atoms with Crippen LogP contribution in [0.4, 0.5) is 13.2 Å². The monoisotopic (exact) mass is 488 g/mol. The molecule has 3 heterocycles. The van der Waals surface area contributed by atoms with Crippen LogP contribution >= 0.6 is 0 Å². The Bertz CT molecular complexity index is 974. The zero-order valence-electron chi connectivity index (χ0n) is 18.4. The Hall–Kier alpha value is -2.22. The van der Waals surface area contributed by atoms with Gasteiger partial charge in [0.2, 0.25) is 12.2 Å². The summed E-state index contributed by atoms with van der Waals surface area (Å²) in [6.07, 6.45) is -10.9. The summed E-state index contributed by atoms with van der Waals surface area (Å²) in [6, 6.07) is 4.67. The third-order valence-electron chi connectivity index (χ3n) is 6.23. The van der Waals surface area contributed by atoms with Gasteiger partial charge < -0.3 is 34.6 Å². The molecule has 34 heavy (non-hydrogen) atoms. The zero-order valence-corrected chi connectivity index (χ0v) is 18.4. The Morgan fingerprint density at radius 2 is 1.82 bits per heavy atom. The van der Waals surface area contributed by atoms with E-state index >= 15 is 0 Å². The predicted molar refractivity (Wildman–Crippen MR) is 110 cm³/mol. The largest absolute Gasteiger partial charge is 0.443 e. The van der Waals surface area contributed by atoms with Crippen LogP contribution in [0.5, 0.6) is 5.88 Å². The normalized spacial score (nSPS) is 30.0. The molecule has 6 atom stereocenters. The van der Waals surface area contributed by atoms with Crippen molar-refractivity contribution in [2.45, 2.75) is 62.7 Å². The Morgan fingerprint density at radius 1 is 1.12 bits per heavy atom. The number of benzene rings is 1. The number of hydrogen-bond acceptors (Lipinski definition) is 8. The maximum atomic E-state index is 12.9. The number of hydrogen-bond donors (Lipinski definition) is 4. The van der Waals surface area contributed by atoms with Crippen LogP contribution in [0.3, 0.4) is 0 Å². The summed E-state index contributed by atoms with van der Waals surface area (Å²) in [5.41, 5.74) is 1.08. The molecule has 0 radical (unpaired) electrons. The van der Waals surface area contributed by atoms with Crippen molar-refractivity contribution in [3.63, 3.8) is 0 Å². The number of aliphatic hydroxyl groups excluding tert-OH is 4. The summed E-state index contributed by atoms with van der Waals surface area (Å²) < 4.78 is 57.2. The first-order chi connectivity index (χ1) is 16.1. The molecule has 2 aromatic rings. The van der Waals surface area contributed by atoms with Gasteiger partial charge >= 0.3 is 6.18 Å². The molecule has 0 spiro atoms. The van der Waals surface area contributed by atoms with E-state index in [1.807, 2.05) is 0 Å². The minimum Gasteiger partial charge on any atom is -0.443 e. The average molecular weight is 488 g/mol. The summed E-state index contributed by atoms with van der Waals surface area (Å²) in [5.74, 6) is 0.0635. The predicted octanol–water partition coefficient (Wildman–Crippen LogP) is 0.941. The van der Waals surface area contributed by atoms with Crippen LogP contribution in [-0.4, -0.2) is 80.7 Å². The van der Waals surface area contributed by atoms with E-state index in [-0.39, 0.29) is 18.3 Å². The SMILES string of the molecule is Cc1c(Cc2ccc(C(F)(F)F)cc2)c(O[C@@H]2O[C@H](CO)[C@@H](O)[C@H](O)[C@H]2O)nn1C1CCOC1. The van der Waals surface area contributed by atoms with E-state index in [1.54, 1.807) is 11.6 Å². The van der Waals surface area contributed by atoms with Gasteiger partial charge in [0, 0.05) is 24.3 Å². The molecule has 4 rings (SSSR count). The first kappa shape index (κ1) is 24.9. The molecule has 0 bridgehead atoms. The average Bonchev–Trinajstić information content (AvgIpc) is 3.43. The van der Waals surface area contributed by atoms with Crippen LogP contribution in [-0.2, 0) is 22.1 Å². The van der Waals surface area contributed by atoms with Crippen LogP contribution in [0.15, 0.2) is 24.3 Å². The molecule has 0 amide bonds. The third kappa shape index (κ3) is 4.92. The minimum absolute atomic E-state index is 0.0635. The molecule has 1 unspecified atom stereocenters. The van der Waals surface area contributed by atoms with Gasteiger partial charge in [0.1, 0.15) is 24.4 Å². The number of halogens is 3. The van der Waals surface area contributed by atoms with E-state index in [2.05, 4.69) is 5.10 Å². The van der Waals surface area contributed by atoms with Crippen molar-refractivity contribution in [3.8, 4) is 5.88 Å². The van der Waals surface area contributed by atoms with Crippen LogP contribution in [0, 0.1) is 6.92 Å². The van der Waals surface area contributed by atoms with Crippen molar-refractivity contribution in [2.75, 3.05) is 19.8 Å². The second kappa shape index (κ2) is 9.80. The molecular formula is C22H27F3N2O7. The van der Waals surface area contributed by atoms with Gasteiger partial charge in [-0.15, -0.1) is 5.10 Å². The van der Waals surface area contributed by atoms with Crippen molar-refractivity contribution in [3.05, 3.63) is 46.6 Å². The van der Waals surface area contributed by atoms with Crippen LogP contribution in [0.2, 0.25) is 0 Å². The molecule has 12 heteroatoms. The number of ether oxygens (including phenoxy) is 3. The smallest absolute Gasteiger partial charge is 0.416 e. The number of aromatic nitrogens is 2. The van der Waals surface area contributed by atoms with Crippen LogP contribution in [0.25, 0.3) is 0 Å². The Morgan fingerprint density at radius 3 is 2.41 bits per heavy atom. The first-order valence-corrected chi connectivity index (χ1v) is 10.9. The van der Waals surface area contributed by atoms with Gasteiger partial charge in [-0.3, -0.25) is 4.68 Å². The molecule has 1 aromatic carbocycles. The lowest BCUT2D eigenvalue weighted by molar-refractivity contribution is -0.278. The Labute approximate surface area is 193 Å². The van der Waals surface area contributed by atoms with Gasteiger partial charge in [0.05, 0.1) is 24.8 Å². The maximum absolute atomic E-state index is 12.9. The summed E-state index contributed by atoms with van der Waals surface area (Å²) in [5, 5.41) is 44.4. The van der Waals surface area contributed by atoms with E-state index in [0.29, 0.717) is 36.5 Å². The highest BCUT2D eigenvalue weighted by atomic mass is 19.4. The topological polar surface area (TPSA) is 126 Å². The lowest BCUT2D eigenvalue weighted by Gasteiger charge is -2.39. The van der Waals surface area contributed by atoms with Gasteiger partial charge in [-0.05, 0) is 31.0 Å². The zero-order chi connectivity index (χ0) is 24.6. The molecule has 9 nitrogen and oxygen atoms in total. The summed E-state index contributed by atoms with van der Waals surface area (Å²) in [6.45, 7) is 2.17.